The van der Waals surface area contributed by atoms with E-state index in [2.05, 4.69) is 15.6 Å². The average molecular weight is 246 g/mol. The van der Waals surface area contributed by atoms with Crippen LogP contribution in [0.1, 0.15) is 18.5 Å². The molecule has 0 saturated carbocycles. The predicted molar refractivity (Wildman–Crippen MR) is 57.5 cm³/mol. The summed E-state index contributed by atoms with van der Waals surface area (Å²) in [6.07, 6.45) is -1.23. The number of hydrogen-bond acceptors (Lipinski definition) is 2. The number of pyridine rings is 1. The van der Waals surface area contributed by atoms with Gasteiger partial charge in [-0.25, -0.2) is 0 Å². The van der Waals surface area contributed by atoms with Gasteiger partial charge >= 0.3 is 6.18 Å². The molecule has 0 radical (unpaired) electrons. The van der Waals surface area contributed by atoms with E-state index in [-0.39, 0.29) is 6.04 Å². The number of halogens is 3. The Bertz CT molecular complexity index is 372. The third-order valence-corrected chi connectivity index (χ3v) is 2.86. The highest BCUT2D eigenvalue weighted by Gasteiger charge is 2.32. The van der Waals surface area contributed by atoms with Crippen molar-refractivity contribution in [2.45, 2.75) is 25.1 Å². The van der Waals surface area contributed by atoms with E-state index in [1.165, 1.54) is 6.20 Å². The van der Waals surface area contributed by atoms with E-state index in [4.69, 9.17) is 0 Å². The molecule has 2 rings (SSSR count). The van der Waals surface area contributed by atoms with E-state index in [1.54, 1.807) is 6.07 Å². The predicted octanol–water partition coefficient (Wildman–Crippen LogP) is 1.24. The molecule has 0 unspecified atom stereocenters. The second-order valence-corrected chi connectivity index (χ2v) is 4.21. The maximum Gasteiger partial charge on any atom is 0.433 e. The third-order valence-electron chi connectivity index (χ3n) is 2.86. The molecule has 1 fully saturated rings. The zero-order valence-corrected chi connectivity index (χ0v) is 9.30. The Morgan fingerprint density at radius 1 is 1.29 bits per heavy atom. The minimum atomic E-state index is -4.38. The number of anilines is 1. The molecule has 2 heterocycles. The van der Waals surface area contributed by atoms with E-state index in [0.29, 0.717) is 5.69 Å². The largest absolute Gasteiger partial charge is 0.433 e. The Hall–Kier alpha value is -1.30. The van der Waals surface area contributed by atoms with Crippen LogP contribution in [-0.4, -0.2) is 24.1 Å². The topological polar surface area (TPSA) is 41.5 Å². The third kappa shape index (κ3) is 3.33. The molecule has 17 heavy (non-hydrogen) atoms. The van der Waals surface area contributed by atoms with Crippen LogP contribution in [0.4, 0.5) is 18.9 Å². The molecule has 0 spiro atoms. The van der Waals surface area contributed by atoms with E-state index >= 15 is 0 Å². The number of nitrogens with one attached hydrogen (secondary N) is 1. The Kier molecular flexibility index (Phi) is 3.51. The quantitative estimate of drug-likeness (QED) is 0.824. The van der Waals surface area contributed by atoms with Crippen LogP contribution in [0, 0.1) is 0 Å². The minimum Gasteiger partial charge on any atom is -0.382 e. The summed E-state index contributed by atoms with van der Waals surface area (Å²) in [6.45, 7) is 2.05. The summed E-state index contributed by atoms with van der Waals surface area (Å²) in [7, 11) is 0. The second kappa shape index (κ2) is 4.91. The lowest BCUT2D eigenvalue weighted by molar-refractivity contribution is -0.662. The van der Waals surface area contributed by atoms with Gasteiger partial charge in [-0.1, -0.05) is 0 Å². The van der Waals surface area contributed by atoms with Crippen molar-refractivity contribution in [2.24, 2.45) is 0 Å². The molecule has 1 aliphatic heterocycles. The summed E-state index contributed by atoms with van der Waals surface area (Å²) in [5.41, 5.74) is -0.343. The van der Waals surface area contributed by atoms with Gasteiger partial charge in [0.1, 0.15) is 5.69 Å². The summed E-state index contributed by atoms with van der Waals surface area (Å²) in [6, 6.07) is 2.91. The summed E-state index contributed by atoms with van der Waals surface area (Å²) in [5, 5.41) is 5.35. The van der Waals surface area contributed by atoms with Gasteiger partial charge in [0.05, 0.1) is 13.1 Å². The van der Waals surface area contributed by atoms with E-state index in [0.717, 1.165) is 32.0 Å². The van der Waals surface area contributed by atoms with Gasteiger partial charge < -0.3 is 10.6 Å². The van der Waals surface area contributed by atoms with Gasteiger partial charge in [-0.3, -0.25) is 4.98 Å². The first-order valence-corrected chi connectivity index (χ1v) is 5.67. The highest BCUT2D eigenvalue weighted by atomic mass is 19.4. The van der Waals surface area contributed by atoms with Crippen LogP contribution in [0.2, 0.25) is 0 Å². The molecule has 3 N–H and O–H groups in total. The van der Waals surface area contributed by atoms with Crippen LogP contribution in [0.3, 0.4) is 0 Å². The van der Waals surface area contributed by atoms with Crippen molar-refractivity contribution < 1.29 is 18.5 Å². The van der Waals surface area contributed by atoms with Gasteiger partial charge in [-0.2, -0.15) is 13.2 Å². The monoisotopic (exact) mass is 246 g/mol. The van der Waals surface area contributed by atoms with Gasteiger partial charge in [-0.15, -0.1) is 0 Å². The van der Waals surface area contributed by atoms with Gasteiger partial charge in [0, 0.05) is 30.8 Å². The van der Waals surface area contributed by atoms with Crippen LogP contribution in [0.5, 0.6) is 0 Å². The number of nitrogens with zero attached hydrogens (tertiary/aromatic N) is 1. The van der Waals surface area contributed by atoms with Gasteiger partial charge in [-0.05, 0) is 12.1 Å². The fourth-order valence-corrected chi connectivity index (χ4v) is 1.98. The molecule has 1 saturated heterocycles. The number of piperidine rings is 1. The van der Waals surface area contributed by atoms with Crippen molar-refractivity contribution in [3.63, 3.8) is 0 Å². The molecule has 0 aromatic carbocycles. The molecular formula is C11H15F3N3+. The number of aromatic nitrogens is 1. The molecule has 1 aromatic rings. The maximum absolute atomic E-state index is 12.5. The van der Waals surface area contributed by atoms with Crippen molar-refractivity contribution in [1.29, 1.82) is 0 Å². The van der Waals surface area contributed by atoms with Crippen molar-refractivity contribution >= 4 is 5.69 Å². The fraction of sp³-hybridized carbons (Fsp3) is 0.545. The van der Waals surface area contributed by atoms with Gasteiger partial charge in [0.2, 0.25) is 0 Å². The lowest BCUT2D eigenvalue weighted by Gasteiger charge is -2.22. The first-order chi connectivity index (χ1) is 8.05. The summed E-state index contributed by atoms with van der Waals surface area (Å²) in [5.74, 6) is 0. The molecule has 0 atom stereocenters. The first-order valence-electron chi connectivity index (χ1n) is 5.67. The van der Waals surface area contributed by atoms with Crippen LogP contribution < -0.4 is 10.6 Å². The zero-order chi connectivity index (χ0) is 12.3. The van der Waals surface area contributed by atoms with E-state index in [9.17, 15) is 13.2 Å². The average Bonchev–Trinajstić information content (AvgIpc) is 2.29. The van der Waals surface area contributed by atoms with E-state index in [1.807, 2.05) is 0 Å². The first kappa shape index (κ1) is 12.2. The SMILES string of the molecule is FC(F)(F)c1cc(NC2CC[NH2+]CC2)ccn1. The Balaban J connectivity index is 2.05. The second-order valence-electron chi connectivity index (χ2n) is 4.21. The van der Waals surface area contributed by atoms with Gasteiger partial charge in [0.15, 0.2) is 0 Å². The van der Waals surface area contributed by atoms with Crippen LogP contribution >= 0.6 is 0 Å². The Morgan fingerprint density at radius 2 is 2.00 bits per heavy atom. The van der Waals surface area contributed by atoms with Crippen LogP contribution in [0.25, 0.3) is 0 Å². The molecule has 0 aliphatic carbocycles. The molecule has 6 heteroatoms. The standard InChI is InChI=1S/C11H14F3N3/c12-11(13,14)10-7-9(3-6-16-10)17-8-1-4-15-5-2-8/h3,6-8,15H,1-2,4-5H2,(H,16,17)/p+1. The normalized spacial score (nSPS) is 18.1. The van der Waals surface area contributed by atoms with Crippen molar-refractivity contribution in [3.8, 4) is 0 Å². The Labute approximate surface area is 97.4 Å². The Morgan fingerprint density at radius 3 is 2.65 bits per heavy atom. The zero-order valence-electron chi connectivity index (χ0n) is 9.30. The lowest BCUT2D eigenvalue weighted by atomic mass is 10.1. The van der Waals surface area contributed by atoms with E-state index < -0.39 is 11.9 Å². The van der Waals surface area contributed by atoms with Crippen molar-refractivity contribution in [1.82, 2.24) is 4.98 Å². The summed E-state index contributed by atoms with van der Waals surface area (Å²) in [4.78, 5) is 3.33. The minimum absolute atomic E-state index is 0.267. The smallest absolute Gasteiger partial charge is 0.382 e. The number of rotatable bonds is 2. The van der Waals surface area contributed by atoms with Gasteiger partial charge in [0.25, 0.3) is 0 Å². The van der Waals surface area contributed by atoms with Crippen LogP contribution in [-0.2, 0) is 6.18 Å². The summed E-state index contributed by atoms with van der Waals surface area (Å²) >= 11 is 0. The molecule has 1 aliphatic rings. The molecule has 3 nitrogen and oxygen atoms in total. The molecule has 0 bridgehead atoms. The van der Waals surface area contributed by atoms with Crippen molar-refractivity contribution in [2.75, 3.05) is 18.4 Å². The fourth-order valence-electron chi connectivity index (χ4n) is 1.98. The molecule has 94 valence electrons. The number of hydrogen-bond donors (Lipinski definition) is 2. The molecule has 0 amide bonds. The van der Waals surface area contributed by atoms with Crippen LogP contribution in [0.15, 0.2) is 18.3 Å². The van der Waals surface area contributed by atoms with Crippen molar-refractivity contribution in [3.05, 3.63) is 24.0 Å². The maximum atomic E-state index is 12.5. The summed E-state index contributed by atoms with van der Waals surface area (Å²) < 4.78 is 37.4. The highest BCUT2D eigenvalue weighted by Crippen LogP contribution is 2.29. The number of alkyl halides is 3. The number of nitrogens with two attached hydrogens (primary N) is 1. The number of quaternary nitrogens is 1. The highest BCUT2D eigenvalue weighted by molar-refractivity contribution is 5.44. The molecular weight excluding hydrogens is 231 g/mol. The lowest BCUT2D eigenvalue weighted by Crippen LogP contribution is -2.87. The molecule has 1 aromatic heterocycles.